The van der Waals surface area contributed by atoms with Crippen molar-refractivity contribution >= 4 is 17.7 Å². The van der Waals surface area contributed by atoms with Crippen LogP contribution in [0.2, 0.25) is 0 Å². The summed E-state index contributed by atoms with van der Waals surface area (Å²) in [4.78, 5) is 4.57. The second-order valence-electron chi connectivity index (χ2n) is 4.93. The second-order valence-corrected chi connectivity index (χ2v) is 5.91. The monoisotopic (exact) mass is 323 g/mol. The zero-order chi connectivity index (χ0) is 15.9. The lowest BCUT2D eigenvalue weighted by Gasteiger charge is -2.10. The molecule has 4 nitrogen and oxygen atoms in total. The third kappa shape index (κ3) is 9.68. The zero-order valence-electron chi connectivity index (χ0n) is 13.8. The molecule has 0 heterocycles. The van der Waals surface area contributed by atoms with E-state index in [4.69, 9.17) is 4.74 Å². The van der Waals surface area contributed by atoms with Gasteiger partial charge in [0.2, 0.25) is 0 Å². The van der Waals surface area contributed by atoms with Gasteiger partial charge in [0.05, 0.1) is 6.61 Å². The predicted octanol–water partition coefficient (Wildman–Crippen LogP) is 2.90. The first kappa shape index (κ1) is 18.8. The predicted molar refractivity (Wildman–Crippen MR) is 97.7 cm³/mol. The smallest absolute Gasteiger partial charge is 0.191 e. The van der Waals surface area contributed by atoms with E-state index in [0.717, 1.165) is 50.8 Å². The number of ether oxygens (including phenoxy) is 1. The van der Waals surface area contributed by atoms with Gasteiger partial charge in [0.15, 0.2) is 5.96 Å². The SMILES string of the molecule is CCNC(=NCCCCOCc1ccccc1)NCCSC. The summed E-state index contributed by atoms with van der Waals surface area (Å²) in [5, 5.41) is 6.60. The number of unbranched alkanes of at least 4 members (excludes halogenated alkanes) is 1. The molecule has 0 atom stereocenters. The summed E-state index contributed by atoms with van der Waals surface area (Å²) >= 11 is 1.84. The van der Waals surface area contributed by atoms with Crippen molar-refractivity contribution in [2.45, 2.75) is 26.4 Å². The van der Waals surface area contributed by atoms with Gasteiger partial charge in [-0.1, -0.05) is 30.3 Å². The molecule has 0 aliphatic carbocycles. The lowest BCUT2D eigenvalue weighted by Crippen LogP contribution is -2.38. The van der Waals surface area contributed by atoms with Crippen molar-refractivity contribution in [1.82, 2.24) is 10.6 Å². The van der Waals surface area contributed by atoms with E-state index in [9.17, 15) is 0 Å². The van der Waals surface area contributed by atoms with E-state index in [1.165, 1.54) is 5.56 Å². The summed E-state index contributed by atoms with van der Waals surface area (Å²) in [6.45, 7) is 6.26. The first-order chi connectivity index (χ1) is 10.9. The number of aliphatic imine (C=N–C) groups is 1. The summed E-state index contributed by atoms with van der Waals surface area (Å²) in [7, 11) is 0. The third-order valence-electron chi connectivity index (χ3n) is 3.02. The second kappa shape index (κ2) is 13.5. The van der Waals surface area contributed by atoms with Crippen LogP contribution in [-0.2, 0) is 11.3 Å². The Morgan fingerprint density at radius 3 is 2.73 bits per heavy atom. The standard InChI is InChI=1S/C17H29N3OS/c1-3-18-17(20-12-14-22-2)19-11-7-8-13-21-15-16-9-5-4-6-10-16/h4-6,9-10H,3,7-8,11-15H2,1-2H3,(H2,18,19,20). The molecule has 0 aliphatic heterocycles. The van der Waals surface area contributed by atoms with Crippen molar-refractivity contribution in [2.75, 3.05) is 38.2 Å². The largest absolute Gasteiger partial charge is 0.377 e. The highest BCUT2D eigenvalue weighted by atomic mass is 32.2. The van der Waals surface area contributed by atoms with Gasteiger partial charge in [-0.25, -0.2) is 0 Å². The average Bonchev–Trinajstić information content (AvgIpc) is 2.55. The van der Waals surface area contributed by atoms with Gasteiger partial charge in [-0.15, -0.1) is 0 Å². The van der Waals surface area contributed by atoms with Crippen molar-refractivity contribution in [3.63, 3.8) is 0 Å². The van der Waals surface area contributed by atoms with Crippen LogP contribution in [0.15, 0.2) is 35.3 Å². The molecule has 2 N–H and O–H groups in total. The molecule has 0 radical (unpaired) electrons. The number of nitrogens with one attached hydrogen (secondary N) is 2. The zero-order valence-corrected chi connectivity index (χ0v) is 14.6. The van der Waals surface area contributed by atoms with E-state index >= 15 is 0 Å². The van der Waals surface area contributed by atoms with Gasteiger partial charge in [0.25, 0.3) is 0 Å². The van der Waals surface area contributed by atoms with Gasteiger partial charge in [0.1, 0.15) is 0 Å². The molecule has 22 heavy (non-hydrogen) atoms. The quantitative estimate of drug-likeness (QED) is 0.373. The molecule has 0 unspecified atom stereocenters. The summed E-state index contributed by atoms with van der Waals surface area (Å²) in [6.07, 6.45) is 4.20. The van der Waals surface area contributed by atoms with E-state index in [1.807, 2.05) is 30.0 Å². The first-order valence-electron chi connectivity index (χ1n) is 7.99. The Morgan fingerprint density at radius 2 is 2.00 bits per heavy atom. The summed E-state index contributed by atoms with van der Waals surface area (Å²) in [5.41, 5.74) is 1.23. The number of benzene rings is 1. The minimum Gasteiger partial charge on any atom is -0.377 e. The third-order valence-corrected chi connectivity index (χ3v) is 3.63. The van der Waals surface area contributed by atoms with Gasteiger partial charge in [-0.3, -0.25) is 4.99 Å². The first-order valence-corrected chi connectivity index (χ1v) is 9.39. The Kier molecular flexibility index (Phi) is 11.5. The molecule has 0 amide bonds. The highest BCUT2D eigenvalue weighted by Crippen LogP contribution is 2.01. The molecule has 0 fully saturated rings. The topological polar surface area (TPSA) is 45.7 Å². The van der Waals surface area contributed by atoms with Crippen LogP contribution in [0.5, 0.6) is 0 Å². The van der Waals surface area contributed by atoms with Gasteiger partial charge < -0.3 is 15.4 Å². The minimum absolute atomic E-state index is 0.697. The molecular weight excluding hydrogens is 294 g/mol. The maximum atomic E-state index is 5.67. The van der Waals surface area contributed by atoms with E-state index in [-0.39, 0.29) is 0 Å². The lowest BCUT2D eigenvalue weighted by atomic mass is 10.2. The van der Waals surface area contributed by atoms with Crippen LogP contribution in [0.4, 0.5) is 0 Å². The number of hydrogen-bond donors (Lipinski definition) is 2. The highest BCUT2D eigenvalue weighted by Gasteiger charge is 1.96. The van der Waals surface area contributed by atoms with Gasteiger partial charge in [-0.05, 0) is 31.6 Å². The number of thioether (sulfide) groups is 1. The van der Waals surface area contributed by atoms with Crippen molar-refractivity contribution in [2.24, 2.45) is 4.99 Å². The summed E-state index contributed by atoms with van der Waals surface area (Å²) < 4.78 is 5.67. The van der Waals surface area contributed by atoms with Crippen LogP contribution >= 0.6 is 11.8 Å². The van der Waals surface area contributed by atoms with Gasteiger partial charge in [0, 0.05) is 32.0 Å². The number of hydrogen-bond acceptors (Lipinski definition) is 3. The fourth-order valence-corrected chi connectivity index (χ4v) is 2.19. The van der Waals surface area contributed by atoms with E-state index in [1.54, 1.807) is 0 Å². The maximum absolute atomic E-state index is 5.67. The van der Waals surface area contributed by atoms with Crippen LogP contribution in [0.1, 0.15) is 25.3 Å². The molecule has 0 saturated carbocycles. The van der Waals surface area contributed by atoms with Crippen molar-refractivity contribution in [1.29, 1.82) is 0 Å². The fourth-order valence-electron chi connectivity index (χ4n) is 1.88. The molecule has 124 valence electrons. The van der Waals surface area contributed by atoms with E-state index in [2.05, 4.69) is 40.9 Å². The molecule has 1 aromatic carbocycles. The Bertz CT molecular complexity index is 398. The molecule has 0 aromatic heterocycles. The molecule has 1 aromatic rings. The molecule has 0 saturated heterocycles. The lowest BCUT2D eigenvalue weighted by molar-refractivity contribution is 0.117. The molecule has 0 spiro atoms. The van der Waals surface area contributed by atoms with Crippen LogP contribution in [0, 0.1) is 0 Å². The van der Waals surface area contributed by atoms with E-state index < -0.39 is 0 Å². The Labute approximate surface area is 139 Å². The van der Waals surface area contributed by atoms with Gasteiger partial charge in [-0.2, -0.15) is 11.8 Å². The minimum atomic E-state index is 0.697. The van der Waals surface area contributed by atoms with E-state index in [0.29, 0.717) is 6.61 Å². The van der Waals surface area contributed by atoms with Crippen LogP contribution < -0.4 is 10.6 Å². The Morgan fingerprint density at radius 1 is 1.18 bits per heavy atom. The maximum Gasteiger partial charge on any atom is 0.191 e. The number of nitrogens with zero attached hydrogens (tertiary/aromatic N) is 1. The molecular formula is C17H29N3OS. The molecule has 1 rings (SSSR count). The molecule has 5 heteroatoms. The summed E-state index contributed by atoms with van der Waals surface area (Å²) in [6, 6.07) is 10.3. The molecule has 0 bridgehead atoms. The summed E-state index contributed by atoms with van der Waals surface area (Å²) in [5.74, 6) is 2.01. The van der Waals surface area contributed by atoms with Gasteiger partial charge >= 0.3 is 0 Å². The molecule has 0 aliphatic rings. The number of rotatable bonds is 11. The van der Waals surface area contributed by atoms with Crippen LogP contribution in [0.3, 0.4) is 0 Å². The highest BCUT2D eigenvalue weighted by molar-refractivity contribution is 7.98. The van der Waals surface area contributed by atoms with Crippen molar-refractivity contribution in [3.05, 3.63) is 35.9 Å². The van der Waals surface area contributed by atoms with Crippen molar-refractivity contribution < 1.29 is 4.74 Å². The number of guanidine groups is 1. The van der Waals surface area contributed by atoms with Crippen LogP contribution in [0.25, 0.3) is 0 Å². The van der Waals surface area contributed by atoms with Crippen molar-refractivity contribution in [3.8, 4) is 0 Å². The Balaban J connectivity index is 2.07. The van der Waals surface area contributed by atoms with Crippen LogP contribution in [-0.4, -0.2) is 44.2 Å². The fraction of sp³-hybridized carbons (Fsp3) is 0.588. The average molecular weight is 324 g/mol. The normalized spacial score (nSPS) is 11.5. The Hall–Kier alpha value is -1.20.